The van der Waals surface area contributed by atoms with E-state index in [2.05, 4.69) is 20.7 Å². The monoisotopic (exact) mass is 389 g/mol. The molecule has 0 aliphatic heterocycles. The highest BCUT2D eigenvalue weighted by Crippen LogP contribution is 2.30. The molecule has 0 fully saturated rings. The van der Waals surface area contributed by atoms with Crippen molar-refractivity contribution in [2.45, 2.75) is 17.9 Å². The molecule has 2 rings (SSSR count). The number of benzene rings is 1. The van der Waals surface area contributed by atoms with Crippen molar-refractivity contribution in [2.24, 2.45) is 0 Å². The quantitative estimate of drug-likeness (QED) is 0.823. The van der Waals surface area contributed by atoms with Crippen molar-refractivity contribution in [1.82, 2.24) is 4.72 Å². The van der Waals surface area contributed by atoms with Crippen LogP contribution in [0.5, 0.6) is 0 Å². The van der Waals surface area contributed by atoms with Crippen molar-refractivity contribution in [3.63, 3.8) is 0 Å². The first-order valence-corrected chi connectivity index (χ1v) is 8.96. The lowest BCUT2D eigenvalue weighted by atomic mass is 10.1. The molecule has 0 amide bonds. The summed E-state index contributed by atoms with van der Waals surface area (Å²) in [6.07, 6.45) is 0. The predicted molar refractivity (Wildman–Crippen MR) is 83.9 cm³/mol. The summed E-state index contributed by atoms with van der Waals surface area (Å²) in [5, 5.41) is 9.28. The van der Waals surface area contributed by atoms with E-state index in [1.54, 1.807) is 37.3 Å². The zero-order chi connectivity index (χ0) is 15.6. The molecule has 0 saturated carbocycles. The van der Waals surface area contributed by atoms with Crippen LogP contribution in [0.15, 0.2) is 45.1 Å². The molecule has 0 bridgehead atoms. The van der Waals surface area contributed by atoms with E-state index >= 15 is 0 Å². The fourth-order valence-corrected chi connectivity index (χ4v) is 5.41. The van der Waals surface area contributed by atoms with Crippen molar-refractivity contribution < 1.29 is 18.3 Å². The average Bonchev–Trinajstić information content (AvgIpc) is 2.77. The summed E-state index contributed by atoms with van der Waals surface area (Å²) < 4.78 is 27.6. The third-order valence-electron chi connectivity index (χ3n) is 2.78. The summed E-state index contributed by atoms with van der Waals surface area (Å²) >= 11 is 4.50. The lowest BCUT2D eigenvalue weighted by Gasteiger charge is -2.15. The molecule has 0 saturated heterocycles. The van der Waals surface area contributed by atoms with Crippen LogP contribution in [0.4, 0.5) is 0 Å². The number of carboxylic acids is 1. The number of sulfonamides is 1. The van der Waals surface area contributed by atoms with Gasteiger partial charge in [0.1, 0.15) is 6.04 Å². The third kappa shape index (κ3) is 3.70. The van der Waals surface area contributed by atoms with Crippen LogP contribution in [-0.2, 0) is 14.8 Å². The molecule has 0 spiro atoms. The Balaban J connectivity index is 2.37. The molecule has 1 heterocycles. The highest BCUT2D eigenvalue weighted by molar-refractivity contribution is 9.11. The van der Waals surface area contributed by atoms with Crippen molar-refractivity contribution in [3.05, 3.63) is 50.6 Å². The lowest BCUT2D eigenvalue weighted by Crippen LogP contribution is -2.33. The van der Waals surface area contributed by atoms with Crippen LogP contribution in [0.2, 0.25) is 0 Å². The molecule has 5 nitrogen and oxygen atoms in total. The summed E-state index contributed by atoms with van der Waals surface area (Å²) in [5.74, 6) is -1.25. The van der Waals surface area contributed by atoms with Crippen LogP contribution in [0.25, 0.3) is 0 Å². The highest BCUT2D eigenvalue weighted by Gasteiger charge is 2.28. The lowest BCUT2D eigenvalue weighted by molar-refractivity contribution is -0.139. The molecule has 2 aromatic rings. The predicted octanol–water partition coefficient (Wildman–Crippen LogP) is 2.92. The number of aryl methyl sites for hydroxylation is 1. The largest absolute Gasteiger partial charge is 0.480 e. The molecule has 112 valence electrons. The zero-order valence-electron chi connectivity index (χ0n) is 10.9. The molecular formula is C13H12BrNO4S2. The van der Waals surface area contributed by atoms with Gasteiger partial charge in [0.05, 0.1) is 8.68 Å². The second kappa shape index (κ2) is 6.27. The van der Waals surface area contributed by atoms with Crippen LogP contribution in [0.3, 0.4) is 0 Å². The number of hydrogen-bond donors (Lipinski definition) is 2. The van der Waals surface area contributed by atoms with Gasteiger partial charge in [-0.25, -0.2) is 8.42 Å². The summed E-state index contributed by atoms with van der Waals surface area (Å²) in [6, 6.07) is 8.32. The molecule has 1 atom stereocenters. The van der Waals surface area contributed by atoms with Gasteiger partial charge in [0, 0.05) is 4.88 Å². The molecule has 21 heavy (non-hydrogen) atoms. The van der Waals surface area contributed by atoms with Gasteiger partial charge >= 0.3 is 5.97 Å². The topological polar surface area (TPSA) is 83.5 Å². The fourth-order valence-electron chi connectivity index (χ4n) is 1.82. The zero-order valence-corrected chi connectivity index (χ0v) is 14.1. The number of carbonyl (C=O) groups is 1. The third-order valence-corrected chi connectivity index (χ3v) is 6.02. The van der Waals surface area contributed by atoms with Crippen molar-refractivity contribution in [1.29, 1.82) is 0 Å². The smallest absolute Gasteiger partial charge is 0.326 e. The van der Waals surface area contributed by atoms with Gasteiger partial charge in [-0.05, 0) is 34.5 Å². The molecule has 0 radical (unpaired) electrons. The van der Waals surface area contributed by atoms with Gasteiger partial charge in [0.2, 0.25) is 10.0 Å². The van der Waals surface area contributed by atoms with Gasteiger partial charge in [-0.2, -0.15) is 4.72 Å². The van der Waals surface area contributed by atoms with Gasteiger partial charge in [-0.1, -0.05) is 30.3 Å². The molecule has 2 N–H and O–H groups in total. The maximum Gasteiger partial charge on any atom is 0.326 e. The number of thiophene rings is 1. The Morgan fingerprint density at radius 1 is 1.33 bits per heavy atom. The Kier molecular flexibility index (Phi) is 4.82. The Morgan fingerprint density at radius 3 is 2.43 bits per heavy atom. The highest BCUT2D eigenvalue weighted by atomic mass is 79.9. The molecule has 8 heteroatoms. The minimum absolute atomic E-state index is 0.0848. The normalized spacial score (nSPS) is 13.0. The first-order chi connectivity index (χ1) is 9.81. The Labute approximate surface area is 134 Å². The Hall–Kier alpha value is -1.22. The molecule has 0 aliphatic carbocycles. The van der Waals surface area contributed by atoms with Crippen molar-refractivity contribution >= 4 is 43.3 Å². The van der Waals surface area contributed by atoms with E-state index in [-0.39, 0.29) is 4.90 Å². The van der Waals surface area contributed by atoms with E-state index in [1.807, 2.05) is 0 Å². The standard InChI is InChI=1S/C13H12BrNO4S2/c1-8-10(7-11(14)20-8)21(18,19)15-12(13(16)17)9-5-3-2-4-6-9/h2-7,12,15H,1H3,(H,16,17)/t12-/m0/s1. The SMILES string of the molecule is Cc1sc(Br)cc1S(=O)(=O)N[C@H](C(=O)O)c1ccccc1. The maximum absolute atomic E-state index is 12.4. The van der Waals surface area contributed by atoms with Crippen LogP contribution in [0.1, 0.15) is 16.5 Å². The second-order valence-electron chi connectivity index (χ2n) is 4.27. The maximum atomic E-state index is 12.4. The number of aliphatic carboxylic acids is 1. The van der Waals surface area contributed by atoms with E-state index in [4.69, 9.17) is 0 Å². The molecule has 0 unspecified atom stereocenters. The van der Waals surface area contributed by atoms with Crippen LogP contribution in [-0.4, -0.2) is 19.5 Å². The number of hydrogen-bond acceptors (Lipinski definition) is 4. The minimum atomic E-state index is -3.91. The van der Waals surface area contributed by atoms with E-state index in [0.29, 0.717) is 14.2 Å². The first kappa shape index (κ1) is 16.2. The van der Waals surface area contributed by atoms with E-state index < -0.39 is 22.0 Å². The van der Waals surface area contributed by atoms with Crippen molar-refractivity contribution in [2.75, 3.05) is 0 Å². The average molecular weight is 390 g/mol. The summed E-state index contributed by atoms with van der Waals surface area (Å²) in [6.45, 7) is 1.67. The Morgan fingerprint density at radius 2 is 1.95 bits per heavy atom. The van der Waals surface area contributed by atoms with E-state index in [9.17, 15) is 18.3 Å². The van der Waals surface area contributed by atoms with Crippen molar-refractivity contribution in [3.8, 4) is 0 Å². The number of halogens is 1. The van der Waals surface area contributed by atoms with Gasteiger partial charge in [-0.15, -0.1) is 11.3 Å². The summed E-state index contributed by atoms with van der Waals surface area (Å²) in [4.78, 5) is 12.0. The second-order valence-corrected chi connectivity index (χ2v) is 8.59. The summed E-state index contributed by atoms with van der Waals surface area (Å²) in [7, 11) is -3.91. The number of nitrogens with one attached hydrogen (secondary N) is 1. The van der Waals surface area contributed by atoms with E-state index in [0.717, 1.165) is 0 Å². The van der Waals surface area contributed by atoms with Crippen LogP contribution < -0.4 is 4.72 Å². The molecule has 1 aromatic carbocycles. The van der Waals surface area contributed by atoms with E-state index in [1.165, 1.54) is 17.4 Å². The van der Waals surface area contributed by atoms with Crippen LogP contribution in [0, 0.1) is 6.92 Å². The Bertz CT molecular complexity index is 756. The molecule has 1 aromatic heterocycles. The molecular weight excluding hydrogens is 378 g/mol. The fraction of sp³-hybridized carbons (Fsp3) is 0.154. The van der Waals surface area contributed by atoms with Gasteiger partial charge < -0.3 is 5.11 Å². The van der Waals surface area contributed by atoms with Gasteiger partial charge in [-0.3, -0.25) is 4.79 Å². The van der Waals surface area contributed by atoms with Gasteiger partial charge in [0.25, 0.3) is 0 Å². The minimum Gasteiger partial charge on any atom is -0.480 e. The molecule has 0 aliphatic rings. The van der Waals surface area contributed by atoms with Gasteiger partial charge in [0.15, 0.2) is 0 Å². The number of rotatable bonds is 5. The first-order valence-electron chi connectivity index (χ1n) is 5.87. The number of carboxylic acid groups (broad SMARTS) is 1. The summed E-state index contributed by atoms with van der Waals surface area (Å²) in [5.41, 5.74) is 0.375. The van der Waals surface area contributed by atoms with Crippen LogP contribution >= 0.6 is 27.3 Å².